The van der Waals surface area contributed by atoms with Crippen LogP contribution in [0.1, 0.15) is 25.1 Å². The zero-order valence-corrected chi connectivity index (χ0v) is 15.1. The van der Waals surface area contributed by atoms with Gasteiger partial charge >= 0.3 is 5.97 Å². The van der Waals surface area contributed by atoms with E-state index in [1.807, 2.05) is 26.0 Å². The van der Waals surface area contributed by atoms with Gasteiger partial charge in [0.15, 0.2) is 0 Å². The number of carbonyl (C=O) groups is 1. The van der Waals surface area contributed by atoms with Gasteiger partial charge in [0.1, 0.15) is 6.04 Å². The van der Waals surface area contributed by atoms with Crippen LogP contribution in [-0.4, -0.2) is 17.1 Å². The van der Waals surface area contributed by atoms with Crippen molar-refractivity contribution in [1.82, 2.24) is 5.32 Å². The van der Waals surface area contributed by atoms with Crippen molar-refractivity contribution in [3.63, 3.8) is 0 Å². The van der Waals surface area contributed by atoms with E-state index in [9.17, 15) is 9.90 Å². The Labute approximate surface area is 143 Å². The highest BCUT2D eigenvalue weighted by Crippen LogP contribution is 2.29. The topological polar surface area (TPSA) is 49.3 Å². The molecule has 2 rings (SSSR count). The van der Waals surface area contributed by atoms with Gasteiger partial charge in [0.05, 0.1) is 0 Å². The quantitative estimate of drug-likeness (QED) is 0.726. The minimum Gasteiger partial charge on any atom is -0.480 e. The highest BCUT2D eigenvalue weighted by Gasteiger charge is 2.18. The largest absolute Gasteiger partial charge is 0.480 e. The number of aliphatic carboxylic acids is 1. The average molecular weight is 382 g/mol. The van der Waals surface area contributed by atoms with Crippen molar-refractivity contribution in [2.24, 2.45) is 5.92 Å². The second-order valence-corrected chi connectivity index (χ2v) is 7.76. The van der Waals surface area contributed by atoms with Gasteiger partial charge in [-0.25, -0.2) is 0 Å². The lowest BCUT2D eigenvalue weighted by Crippen LogP contribution is -2.37. The second-order valence-electron chi connectivity index (χ2n) is 5.68. The highest BCUT2D eigenvalue weighted by molar-refractivity contribution is 9.10. The molecule has 0 aliphatic carbocycles. The summed E-state index contributed by atoms with van der Waals surface area (Å²) in [4.78, 5) is 13.6. The van der Waals surface area contributed by atoms with Crippen LogP contribution in [0.15, 0.2) is 40.9 Å². The fourth-order valence-corrected chi connectivity index (χ4v) is 3.59. The van der Waals surface area contributed by atoms with Crippen LogP contribution in [0.4, 0.5) is 0 Å². The minimum absolute atomic E-state index is 0.356. The number of carboxylic acids is 1. The zero-order valence-electron chi connectivity index (χ0n) is 12.7. The number of rotatable bonds is 7. The maximum Gasteiger partial charge on any atom is 0.320 e. The fraction of sp³-hybridized carbons (Fsp3) is 0.353. The molecule has 22 heavy (non-hydrogen) atoms. The van der Waals surface area contributed by atoms with Crippen LogP contribution in [0.25, 0.3) is 10.4 Å². The Morgan fingerprint density at radius 1 is 1.32 bits per heavy atom. The summed E-state index contributed by atoms with van der Waals surface area (Å²) in [5.74, 6) is -0.424. The zero-order chi connectivity index (χ0) is 16.1. The standard InChI is InChI=1S/C17H20BrNO2S/c1-11(2)8-15(17(20)21)19-10-14-6-7-16(22-14)12-4-3-5-13(18)9-12/h3-7,9,11,15,19H,8,10H2,1-2H3,(H,20,21)/t15-/m0/s1. The monoisotopic (exact) mass is 381 g/mol. The molecule has 2 aromatic rings. The molecule has 0 radical (unpaired) electrons. The van der Waals surface area contributed by atoms with Crippen LogP contribution in [0.5, 0.6) is 0 Å². The molecule has 5 heteroatoms. The Bertz CT molecular complexity index is 639. The Kier molecular flexibility index (Phi) is 6.17. The molecule has 1 aromatic heterocycles. The van der Waals surface area contributed by atoms with Gasteiger partial charge in [-0.05, 0) is 42.2 Å². The van der Waals surface area contributed by atoms with Gasteiger partial charge in [0.25, 0.3) is 0 Å². The number of hydrogen-bond donors (Lipinski definition) is 2. The van der Waals surface area contributed by atoms with E-state index < -0.39 is 12.0 Å². The average Bonchev–Trinajstić information content (AvgIpc) is 2.91. The summed E-state index contributed by atoms with van der Waals surface area (Å²) in [6.07, 6.45) is 0.638. The summed E-state index contributed by atoms with van der Waals surface area (Å²) < 4.78 is 1.06. The molecule has 118 valence electrons. The molecule has 0 amide bonds. The van der Waals surface area contributed by atoms with E-state index in [4.69, 9.17) is 0 Å². The first-order chi connectivity index (χ1) is 10.5. The molecule has 2 N–H and O–H groups in total. The number of nitrogens with one attached hydrogen (secondary N) is 1. The highest BCUT2D eigenvalue weighted by atomic mass is 79.9. The van der Waals surface area contributed by atoms with Gasteiger partial charge in [-0.1, -0.05) is 41.9 Å². The third-order valence-electron chi connectivity index (χ3n) is 3.30. The lowest BCUT2D eigenvalue weighted by molar-refractivity contribution is -0.140. The van der Waals surface area contributed by atoms with Crippen molar-refractivity contribution in [3.05, 3.63) is 45.7 Å². The van der Waals surface area contributed by atoms with Gasteiger partial charge in [0, 0.05) is 20.8 Å². The van der Waals surface area contributed by atoms with E-state index >= 15 is 0 Å². The molecule has 0 aliphatic rings. The first kappa shape index (κ1) is 17.2. The normalized spacial score (nSPS) is 12.5. The molecule has 1 heterocycles. The van der Waals surface area contributed by atoms with Crippen molar-refractivity contribution in [2.75, 3.05) is 0 Å². The van der Waals surface area contributed by atoms with Crippen molar-refractivity contribution in [3.8, 4) is 10.4 Å². The van der Waals surface area contributed by atoms with Crippen LogP contribution in [0, 0.1) is 5.92 Å². The van der Waals surface area contributed by atoms with Crippen LogP contribution in [0.2, 0.25) is 0 Å². The second kappa shape index (κ2) is 7.90. The molecular weight excluding hydrogens is 362 g/mol. The maximum absolute atomic E-state index is 11.3. The summed E-state index contributed by atoms with van der Waals surface area (Å²) in [5, 5.41) is 12.4. The smallest absolute Gasteiger partial charge is 0.320 e. The third-order valence-corrected chi connectivity index (χ3v) is 4.93. The van der Waals surface area contributed by atoms with Gasteiger partial charge in [-0.15, -0.1) is 11.3 Å². The predicted molar refractivity (Wildman–Crippen MR) is 95.2 cm³/mol. The minimum atomic E-state index is -0.780. The van der Waals surface area contributed by atoms with E-state index in [0.29, 0.717) is 18.9 Å². The van der Waals surface area contributed by atoms with Crippen molar-refractivity contribution < 1.29 is 9.90 Å². The van der Waals surface area contributed by atoms with Gasteiger partial charge < -0.3 is 5.11 Å². The first-order valence-corrected chi connectivity index (χ1v) is 8.87. The molecule has 0 saturated heterocycles. The molecule has 0 aliphatic heterocycles. The summed E-state index contributed by atoms with van der Waals surface area (Å²) in [7, 11) is 0. The summed E-state index contributed by atoms with van der Waals surface area (Å²) in [6.45, 7) is 4.66. The lowest BCUT2D eigenvalue weighted by atomic mass is 10.0. The first-order valence-electron chi connectivity index (χ1n) is 7.26. The van der Waals surface area contributed by atoms with Gasteiger partial charge in [0.2, 0.25) is 0 Å². The van der Waals surface area contributed by atoms with Crippen molar-refractivity contribution in [2.45, 2.75) is 32.9 Å². The molecule has 0 spiro atoms. The van der Waals surface area contributed by atoms with Crippen LogP contribution >= 0.6 is 27.3 Å². The molecule has 1 aromatic carbocycles. The predicted octanol–water partition coefficient (Wildman–Crippen LogP) is 4.77. The molecule has 0 unspecified atom stereocenters. The summed E-state index contributed by atoms with van der Waals surface area (Å²) >= 11 is 5.17. The summed E-state index contributed by atoms with van der Waals surface area (Å²) in [6, 6.07) is 11.8. The lowest BCUT2D eigenvalue weighted by Gasteiger charge is -2.15. The Morgan fingerprint density at radius 2 is 2.09 bits per heavy atom. The van der Waals surface area contributed by atoms with E-state index in [-0.39, 0.29) is 0 Å². The van der Waals surface area contributed by atoms with Gasteiger partial charge in [-0.3, -0.25) is 10.1 Å². The van der Waals surface area contributed by atoms with E-state index in [1.165, 1.54) is 10.4 Å². The van der Waals surface area contributed by atoms with Crippen LogP contribution in [0.3, 0.4) is 0 Å². The van der Waals surface area contributed by atoms with E-state index in [1.54, 1.807) is 11.3 Å². The number of carboxylic acid groups (broad SMARTS) is 1. The fourth-order valence-electron chi connectivity index (χ4n) is 2.24. The molecule has 3 nitrogen and oxygen atoms in total. The molecule has 0 bridgehead atoms. The Morgan fingerprint density at radius 3 is 2.73 bits per heavy atom. The van der Waals surface area contributed by atoms with Crippen molar-refractivity contribution >= 4 is 33.2 Å². The number of hydrogen-bond acceptors (Lipinski definition) is 3. The Hall–Kier alpha value is -1.17. The van der Waals surface area contributed by atoms with Crippen molar-refractivity contribution in [1.29, 1.82) is 0 Å². The summed E-state index contributed by atoms with van der Waals surface area (Å²) in [5.41, 5.74) is 1.17. The maximum atomic E-state index is 11.3. The van der Waals surface area contributed by atoms with Crippen LogP contribution in [-0.2, 0) is 11.3 Å². The molecule has 0 saturated carbocycles. The van der Waals surface area contributed by atoms with E-state index in [0.717, 1.165) is 9.35 Å². The SMILES string of the molecule is CC(C)C[C@H](NCc1ccc(-c2cccc(Br)c2)s1)C(=O)O. The number of thiophene rings is 1. The third kappa shape index (κ3) is 4.93. The number of halogens is 1. The molecular formula is C17H20BrNO2S. The van der Waals surface area contributed by atoms with Gasteiger partial charge in [-0.2, -0.15) is 0 Å². The molecule has 0 fully saturated rings. The molecule has 1 atom stereocenters. The Balaban J connectivity index is 2.01. The van der Waals surface area contributed by atoms with E-state index in [2.05, 4.69) is 45.5 Å². The number of benzene rings is 1. The van der Waals surface area contributed by atoms with Crippen LogP contribution < -0.4 is 5.32 Å².